The Morgan fingerprint density at radius 1 is 0.973 bits per heavy atom. The molecule has 7 heteroatoms. The molecule has 3 atom stereocenters. The lowest BCUT2D eigenvalue weighted by atomic mass is 9.88. The Labute approximate surface area is 221 Å². The molecule has 0 bridgehead atoms. The summed E-state index contributed by atoms with van der Waals surface area (Å²) in [5.41, 5.74) is 1.77. The van der Waals surface area contributed by atoms with Gasteiger partial charge in [-0.2, -0.15) is 0 Å². The Bertz CT molecular complexity index is 1370. The number of rotatable bonds is 7. The minimum atomic E-state index is -1.35. The van der Waals surface area contributed by atoms with Crippen LogP contribution in [0.5, 0.6) is 0 Å². The minimum Gasteiger partial charge on any atom is -0.478 e. The van der Waals surface area contributed by atoms with E-state index in [1.165, 1.54) is 16.3 Å². The molecular formula is C30H29ClF2N2O2. The highest BCUT2D eigenvalue weighted by Gasteiger charge is 2.36. The molecule has 1 heterocycles. The molecule has 1 aliphatic heterocycles. The summed E-state index contributed by atoms with van der Waals surface area (Å²) in [7, 11) is 0. The molecule has 1 fully saturated rings. The van der Waals surface area contributed by atoms with Crippen LogP contribution in [0.2, 0.25) is 0 Å². The van der Waals surface area contributed by atoms with Gasteiger partial charge in [0.15, 0.2) is 0 Å². The van der Waals surface area contributed by atoms with E-state index in [1.54, 1.807) is 4.90 Å². The summed E-state index contributed by atoms with van der Waals surface area (Å²) in [5, 5.41) is 15.2. The molecule has 0 aliphatic carbocycles. The normalized spacial score (nSPS) is 18.0. The monoisotopic (exact) mass is 522 g/mol. The fourth-order valence-electron chi connectivity index (χ4n) is 5.40. The van der Waals surface area contributed by atoms with Crippen LogP contribution in [0.3, 0.4) is 0 Å². The van der Waals surface area contributed by atoms with E-state index >= 15 is 0 Å². The number of benzene rings is 4. The molecule has 0 radical (unpaired) electrons. The molecule has 4 aromatic carbocycles. The molecule has 0 saturated carbocycles. The quantitative estimate of drug-likeness (QED) is 0.280. The standard InChI is InChI=1S/C30H28F2N2O2.ClH/c1-19(24-13-7-11-20-10-5-6-12-25(20)24)33-16-23-17-34(18-26(23)21-8-3-2-4-9-21)29-27(31)14-22(30(35)36)15-28(29)32;/h2-15,19,23,26,33H,16-18H2,1H3,(H,35,36);1H/t19-,23-,26-;/m1./s1. The van der Waals surface area contributed by atoms with Crippen LogP contribution >= 0.6 is 12.4 Å². The fourth-order valence-corrected chi connectivity index (χ4v) is 5.40. The van der Waals surface area contributed by atoms with Crippen molar-refractivity contribution in [2.24, 2.45) is 5.92 Å². The van der Waals surface area contributed by atoms with Crippen LogP contribution in [0.1, 0.15) is 40.4 Å². The van der Waals surface area contributed by atoms with E-state index < -0.39 is 23.2 Å². The number of nitrogens with zero attached hydrogens (tertiary/aromatic N) is 1. The molecule has 4 aromatic rings. The van der Waals surface area contributed by atoms with Gasteiger partial charge in [-0.25, -0.2) is 13.6 Å². The highest BCUT2D eigenvalue weighted by molar-refractivity contribution is 5.88. The van der Waals surface area contributed by atoms with Crippen LogP contribution in [0.25, 0.3) is 10.8 Å². The number of nitrogens with one attached hydrogen (secondary N) is 1. The summed E-state index contributed by atoms with van der Waals surface area (Å²) in [4.78, 5) is 12.9. The van der Waals surface area contributed by atoms with Gasteiger partial charge >= 0.3 is 5.97 Å². The number of aromatic carboxylic acids is 1. The third-order valence-electron chi connectivity index (χ3n) is 7.22. The average molecular weight is 523 g/mol. The average Bonchev–Trinajstić information content (AvgIpc) is 3.30. The van der Waals surface area contributed by atoms with Gasteiger partial charge in [0, 0.05) is 31.6 Å². The van der Waals surface area contributed by atoms with Crippen LogP contribution in [-0.4, -0.2) is 30.7 Å². The number of anilines is 1. The van der Waals surface area contributed by atoms with Crippen molar-refractivity contribution in [3.8, 4) is 0 Å². The predicted molar refractivity (Wildman–Crippen MR) is 146 cm³/mol. The largest absolute Gasteiger partial charge is 0.478 e. The first-order valence-electron chi connectivity index (χ1n) is 12.2. The Kier molecular flexibility index (Phi) is 8.10. The molecule has 37 heavy (non-hydrogen) atoms. The molecule has 0 amide bonds. The summed E-state index contributed by atoms with van der Waals surface area (Å²) in [6, 6.07) is 26.5. The molecule has 1 aliphatic rings. The lowest BCUT2D eigenvalue weighted by molar-refractivity contribution is 0.0695. The molecule has 192 valence electrons. The molecule has 0 aromatic heterocycles. The minimum absolute atomic E-state index is 0. The molecule has 2 N–H and O–H groups in total. The number of carbonyl (C=O) groups is 1. The van der Waals surface area contributed by atoms with Crippen LogP contribution in [0.15, 0.2) is 84.9 Å². The van der Waals surface area contributed by atoms with E-state index in [0.29, 0.717) is 19.6 Å². The van der Waals surface area contributed by atoms with Crippen molar-refractivity contribution in [1.29, 1.82) is 0 Å². The van der Waals surface area contributed by atoms with Crippen LogP contribution in [0, 0.1) is 17.6 Å². The summed E-state index contributed by atoms with van der Waals surface area (Å²) >= 11 is 0. The first-order valence-corrected chi connectivity index (χ1v) is 12.2. The number of hydrogen-bond donors (Lipinski definition) is 2. The molecule has 5 rings (SSSR count). The second-order valence-corrected chi connectivity index (χ2v) is 9.47. The van der Waals surface area contributed by atoms with Gasteiger partial charge in [-0.15, -0.1) is 12.4 Å². The van der Waals surface area contributed by atoms with Crippen molar-refractivity contribution >= 4 is 34.8 Å². The van der Waals surface area contributed by atoms with Crippen molar-refractivity contribution < 1.29 is 18.7 Å². The van der Waals surface area contributed by atoms with E-state index in [0.717, 1.165) is 17.7 Å². The second kappa shape index (κ2) is 11.3. The first-order chi connectivity index (χ1) is 17.4. The maximum absolute atomic E-state index is 14.9. The van der Waals surface area contributed by atoms with Crippen LogP contribution in [0.4, 0.5) is 14.5 Å². The number of fused-ring (bicyclic) bond motifs is 1. The lowest BCUT2D eigenvalue weighted by Gasteiger charge is -2.23. The Balaban J connectivity index is 0.00000320. The Morgan fingerprint density at radius 2 is 1.62 bits per heavy atom. The van der Waals surface area contributed by atoms with Gasteiger partial charge in [0.1, 0.15) is 17.3 Å². The first kappa shape index (κ1) is 26.6. The number of carboxylic acids is 1. The number of halogens is 3. The summed E-state index contributed by atoms with van der Waals surface area (Å²) in [6.07, 6.45) is 0. The SMILES string of the molecule is C[C@@H](NC[C@@H]1CN(c2c(F)cc(C(=O)O)cc2F)C[C@@H]1c1ccccc1)c1cccc2ccccc12.Cl. The maximum Gasteiger partial charge on any atom is 0.335 e. The molecular weight excluding hydrogens is 494 g/mol. The van der Waals surface area contributed by atoms with E-state index in [-0.39, 0.29) is 36.0 Å². The van der Waals surface area contributed by atoms with Crippen molar-refractivity contribution in [3.63, 3.8) is 0 Å². The Hall–Kier alpha value is -3.48. The van der Waals surface area contributed by atoms with E-state index in [9.17, 15) is 13.6 Å². The van der Waals surface area contributed by atoms with Gasteiger partial charge in [0.25, 0.3) is 0 Å². The highest BCUT2D eigenvalue weighted by atomic mass is 35.5. The zero-order valence-corrected chi connectivity index (χ0v) is 21.2. The number of carboxylic acid groups (broad SMARTS) is 1. The molecule has 4 nitrogen and oxygen atoms in total. The predicted octanol–water partition coefficient (Wildman–Crippen LogP) is 6.81. The van der Waals surface area contributed by atoms with Crippen molar-refractivity contribution in [1.82, 2.24) is 5.32 Å². The van der Waals surface area contributed by atoms with Crippen LogP contribution in [-0.2, 0) is 0 Å². The smallest absolute Gasteiger partial charge is 0.335 e. The molecule has 1 saturated heterocycles. The van der Waals surface area contributed by atoms with Gasteiger partial charge in [-0.05, 0) is 46.9 Å². The van der Waals surface area contributed by atoms with Crippen LogP contribution < -0.4 is 10.2 Å². The van der Waals surface area contributed by atoms with E-state index in [1.807, 2.05) is 30.3 Å². The topological polar surface area (TPSA) is 52.6 Å². The lowest BCUT2D eigenvalue weighted by Crippen LogP contribution is -2.30. The van der Waals surface area contributed by atoms with Gasteiger partial charge in [-0.3, -0.25) is 0 Å². The van der Waals surface area contributed by atoms with Crippen molar-refractivity contribution in [2.75, 3.05) is 24.5 Å². The summed E-state index contributed by atoms with van der Waals surface area (Å²) in [6.45, 7) is 3.70. The Morgan fingerprint density at radius 3 is 2.32 bits per heavy atom. The van der Waals surface area contributed by atoms with Crippen molar-refractivity contribution in [3.05, 3.63) is 113 Å². The number of hydrogen-bond acceptors (Lipinski definition) is 3. The maximum atomic E-state index is 14.9. The highest BCUT2D eigenvalue weighted by Crippen LogP contribution is 2.38. The third-order valence-corrected chi connectivity index (χ3v) is 7.22. The van der Waals surface area contributed by atoms with Crippen molar-refractivity contribution in [2.45, 2.75) is 18.9 Å². The zero-order chi connectivity index (χ0) is 25.2. The molecule has 0 unspecified atom stereocenters. The van der Waals surface area contributed by atoms with E-state index in [4.69, 9.17) is 5.11 Å². The van der Waals surface area contributed by atoms with Gasteiger partial charge in [0.2, 0.25) is 0 Å². The second-order valence-electron chi connectivity index (χ2n) is 9.47. The van der Waals surface area contributed by atoms with Gasteiger partial charge in [0.05, 0.1) is 5.56 Å². The molecule has 0 spiro atoms. The summed E-state index contributed by atoms with van der Waals surface area (Å²) in [5.74, 6) is -2.89. The fraction of sp³-hybridized carbons (Fsp3) is 0.233. The van der Waals surface area contributed by atoms with Gasteiger partial charge < -0.3 is 15.3 Å². The van der Waals surface area contributed by atoms with E-state index in [2.05, 4.69) is 54.7 Å². The zero-order valence-electron chi connectivity index (χ0n) is 20.4. The van der Waals surface area contributed by atoms with Gasteiger partial charge in [-0.1, -0.05) is 72.8 Å². The summed E-state index contributed by atoms with van der Waals surface area (Å²) < 4.78 is 29.8. The third kappa shape index (κ3) is 5.45.